The average molecular weight is 1190 g/mol. The monoisotopic (exact) mass is 1190 g/mol. The lowest BCUT2D eigenvalue weighted by Gasteiger charge is -2.22. The van der Waals surface area contributed by atoms with Crippen molar-refractivity contribution in [3.63, 3.8) is 0 Å². The number of hydrogen-bond acceptors (Lipinski definition) is 9. The number of aryl methyl sites for hydroxylation is 4. The van der Waals surface area contributed by atoms with Gasteiger partial charge in [-0.25, -0.2) is 4.99 Å². The number of nitrogens with one attached hydrogen (secondary N) is 2. The Balaban J connectivity index is 0.000000243. The van der Waals surface area contributed by atoms with Crippen LogP contribution in [0.2, 0.25) is 0 Å². The van der Waals surface area contributed by atoms with Crippen molar-refractivity contribution in [3.05, 3.63) is 189 Å². The summed E-state index contributed by atoms with van der Waals surface area (Å²) in [5, 5.41) is 0.801. The van der Waals surface area contributed by atoms with E-state index in [1.807, 2.05) is 109 Å². The first-order valence-corrected chi connectivity index (χ1v) is 30.9. The molecule has 0 saturated carbocycles. The number of methoxy groups -OCH3 is 3. The SMILES string of the molecule is C.C.CCCCC(CCCC)Oc1cc(C)c(/C(=C2\C=c3oc(-c4ccc(OC)cc4)cc3=N2)c2cc3oc(-c4ccc(OC)cc4)cc3[nH]2)c(C)c1.CCCCC(CCCC)Oc1cc(C)c(C)c(C)c1.COc1ccc(-c2cc3[nH]ccc3o2)cc1. The van der Waals surface area contributed by atoms with Crippen molar-refractivity contribution in [1.82, 2.24) is 9.97 Å². The molecule has 0 atom stereocenters. The first-order valence-electron chi connectivity index (χ1n) is 30.9. The number of nitrogens with zero attached hydrogens (tertiary/aromatic N) is 1. The second kappa shape index (κ2) is 31.9. The van der Waals surface area contributed by atoms with Crippen molar-refractivity contribution in [2.75, 3.05) is 21.3 Å². The van der Waals surface area contributed by atoms with Crippen LogP contribution in [0.4, 0.5) is 0 Å². The summed E-state index contributed by atoms with van der Waals surface area (Å²) in [7, 11) is 4.99. The number of benzene rings is 5. The molecule has 88 heavy (non-hydrogen) atoms. The number of H-pyrrole nitrogens is 2. The number of aromatic nitrogens is 2. The average Bonchev–Trinajstić information content (AvgIpc) is 2.75. The Morgan fingerprint density at radius 1 is 0.466 bits per heavy atom. The maximum Gasteiger partial charge on any atom is 0.155 e. The molecule has 11 nitrogen and oxygen atoms in total. The smallest absolute Gasteiger partial charge is 0.155 e. The Bertz CT molecular complexity index is 3800. The van der Waals surface area contributed by atoms with Crippen LogP contribution in [0, 0.1) is 34.6 Å². The van der Waals surface area contributed by atoms with Gasteiger partial charge in [0.1, 0.15) is 51.4 Å². The Morgan fingerprint density at radius 3 is 1.30 bits per heavy atom. The summed E-state index contributed by atoms with van der Waals surface area (Å²) in [5.74, 6) is 6.85. The van der Waals surface area contributed by atoms with Gasteiger partial charge >= 0.3 is 0 Å². The van der Waals surface area contributed by atoms with Crippen molar-refractivity contribution in [3.8, 4) is 62.7 Å². The molecule has 0 saturated heterocycles. The van der Waals surface area contributed by atoms with Gasteiger partial charge in [-0.05, 0) is 197 Å². The van der Waals surface area contributed by atoms with E-state index in [9.17, 15) is 0 Å². The third kappa shape index (κ3) is 16.5. The molecule has 466 valence electrons. The van der Waals surface area contributed by atoms with Gasteiger partial charge in [0, 0.05) is 58.8 Å². The third-order valence-electron chi connectivity index (χ3n) is 16.2. The molecule has 0 aliphatic carbocycles. The molecule has 1 aliphatic rings. The molecule has 5 aromatic carbocycles. The van der Waals surface area contributed by atoms with Crippen LogP contribution >= 0.6 is 0 Å². The normalized spacial score (nSPS) is 12.1. The molecule has 0 radical (unpaired) electrons. The van der Waals surface area contributed by atoms with Crippen LogP contribution in [0.5, 0.6) is 28.7 Å². The maximum absolute atomic E-state index is 6.66. The van der Waals surface area contributed by atoms with Crippen LogP contribution in [-0.2, 0) is 0 Å². The molecular formula is C77H95N3O8. The van der Waals surface area contributed by atoms with Gasteiger partial charge in [0.2, 0.25) is 0 Å². The predicted molar refractivity (Wildman–Crippen MR) is 364 cm³/mol. The summed E-state index contributed by atoms with van der Waals surface area (Å²) in [6.07, 6.45) is 18.7. The number of aromatic amines is 2. The van der Waals surface area contributed by atoms with Gasteiger partial charge in [0.15, 0.2) is 16.6 Å². The molecular weight excluding hydrogens is 1090 g/mol. The van der Waals surface area contributed by atoms with Crippen molar-refractivity contribution in [2.45, 2.75) is 166 Å². The highest BCUT2D eigenvalue weighted by Crippen LogP contribution is 2.39. The fourth-order valence-corrected chi connectivity index (χ4v) is 11.1. The van der Waals surface area contributed by atoms with Crippen LogP contribution in [-0.4, -0.2) is 43.5 Å². The summed E-state index contributed by atoms with van der Waals surface area (Å²) < 4.78 is 47.1. The largest absolute Gasteiger partial charge is 0.497 e. The lowest BCUT2D eigenvalue weighted by molar-refractivity contribution is 0.174. The van der Waals surface area contributed by atoms with Gasteiger partial charge in [-0.15, -0.1) is 0 Å². The summed E-state index contributed by atoms with van der Waals surface area (Å²) in [6, 6.07) is 42.3. The Hall–Kier alpha value is -8.57. The van der Waals surface area contributed by atoms with Crippen LogP contribution in [0.25, 0.3) is 67.8 Å². The Morgan fingerprint density at radius 2 is 0.886 bits per heavy atom. The van der Waals surface area contributed by atoms with Gasteiger partial charge in [-0.3, -0.25) is 0 Å². The molecule has 5 aromatic heterocycles. The molecule has 0 spiro atoms. The van der Waals surface area contributed by atoms with Crippen LogP contribution < -0.4 is 34.5 Å². The molecule has 11 heteroatoms. The van der Waals surface area contributed by atoms with Crippen LogP contribution in [0.15, 0.2) is 158 Å². The highest BCUT2D eigenvalue weighted by atomic mass is 16.5. The fraction of sp³-hybridized carbons (Fsp3) is 0.364. The van der Waals surface area contributed by atoms with Crippen molar-refractivity contribution >= 4 is 33.8 Å². The van der Waals surface area contributed by atoms with E-state index in [0.29, 0.717) is 6.10 Å². The van der Waals surface area contributed by atoms with Crippen molar-refractivity contribution < 1.29 is 36.9 Å². The minimum atomic E-state index is 0. The maximum atomic E-state index is 6.66. The van der Waals surface area contributed by atoms with E-state index in [0.717, 1.165) is 142 Å². The predicted octanol–water partition coefficient (Wildman–Crippen LogP) is 20.8. The number of ether oxygens (including phenoxy) is 5. The molecule has 11 rings (SSSR count). The summed E-state index contributed by atoms with van der Waals surface area (Å²) in [6.45, 7) is 19.8. The highest BCUT2D eigenvalue weighted by molar-refractivity contribution is 5.93. The number of rotatable bonds is 24. The molecule has 0 amide bonds. The van der Waals surface area contributed by atoms with E-state index in [-0.39, 0.29) is 21.0 Å². The van der Waals surface area contributed by atoms with Crippen molar-refractivity contribution in [1.29, 1.82) is 0 Å². The van der Waals surface area contributed by atoms with Gasteiger partial charge < -0.3 is 46.9 Å². The van der Waals surface area contributed by atoms with E-state index in [1.165, 1.54) is 80.9 Å². The van der Waals surface area contributed by atoms with E-state index < -0.39 is 0 Å². The number of unbranched alkanes of at least 4 members (excludes halogenated alkanes) is 4. The molecule has 1 aliphatic heterocycles. The molecule has 6 heterocycles. The first kappa shape index (κ1) is 66.9. The molecule has 0 unspecified atom stereocenters. The molecule has 0 bridgehead atoms. The second-order valence-corrected chi connectivity index (χ2v) is 22.7. The Kier molecular flexibility index (Phi) is 24.3. The van der Waals surface area contributed by atoms with E-state index in [2.05, 4.69) is 103 Å². The van der Waals surface area contributed by atoms with E-state index in [4.69, 9.17) is 41.9 Å². The van der Waals surface area contributed by atoms with Gasteiger partial charge in [0.05, 0.1) is 56.0 Å². The third-order valence-corrected chi connectivity index (χ3v) is 16.2. The van der Waals surface area contributed by atoms with E-state index >= 15 is 0 Å². The zero-order valence-corrected chi connectivity index (χ0v) is 52.6. The van der Waals surface area contributed by atoms with Gasteiger partial charge in [0.25, 0.3) is 0 Å². The second-order valence-electron chi connectivity index (χ2n) is 22.7. The minimum absolute atomic E-state index is 0. The quantitative estimate of drug-likeness (QED) is 0.0612. The summed E-state index contributed by atoms with van der Waals surface area (Å²) in [4.78, 5) is 11.9. The zero-order valence-electron chi connectivity index (χ0n) is 52.6. The number of allylic oxidation sites excluding steroid dienone is 1. The van der Waals surface area contributed by atoms with Gasteiger partial charge in [-0.1, -0.05) is 93.9 Å². The minimum Gasteiger partial charge on any atom is -0.497 e. The topological polar surface area (TPSA) is 130 Å². The molecule has 0 fully saturated rings. The number of furan rings is 3. The van der Waals surface area contributed by atoms with Gasteiger partial charge in [-0.2, -0.15) is 0 Å². The fourth-order valence-electron chi connectivity index (χ4n) is 11.1. The lowest BCUT2D eigenvalue weighted by Crippen LogP contribution is -2.17. The molecule has 2 N–H and O–H groups in total. The van der Waals surface area contributed by atoms with Crippen LogP contribution in [0.1, 0.15) is 159 Å². The number of fused-ring (bicyclic) bond motifs is 3. The summed E-state index contributed by atoms with van der Waals surface area (Å²) >= 11 is 0. The Labute approximate surface area is 522 Å². The highest BCUT2D eigenvalue weighted by Gasteiger charge is 2.24. The van der Waals surface area contributed by atoms with E-state index in [1.54, 1.807) is 21.3 Å². The molecule has 10 aromatic rings. The number of hydrogen-bond donors (Lipinski definition) is 2. The lowest BCUT2D eigenvalue weighted by atomic mass is 9.91. The zero-order chi connectivity index (χ0) is 60.7. The van der Waals surface area contributed by atoms with Crippen LogP contribution in [0.3, 0.4) is 0 Å². The van der Waals surface area contributed by atoms with Crippen molar-refractivity contribution in [2.24, 2.45) is 4.99 Å². The standard InChI is InChI=1S/C44H46N2O5.C18H30O.C13H11NO2.2CH4/c1-7-9-11-33(12-10-8-2)49-34-21-27(3)43(28(4)22-34)44(37-25-41-35(45-37)23-39(50-41)29-13-17-31(47-5)18-14-29)38-26-42-36(46-38)24-40(51-42)30-15-19-32(48-6)20-16-30;1-6-8-10-17(11-9-7-2)19-18-12-14(3)16(5)15(4)13-18;1-15-10-4-2-9(3-5-10)13-8-11-12(16-13)6-7-14-11;;/h13-26,33,45H,7-12H2,1-6H3;12-13,17H,6-11H2,1-5H3;2-8,14H,1H3;2*1H4/b44-38+;;;;. The first-order chi connectivity index (χ1) is 41.8. The summed E-state index contributed by atoms with van der Waals surface area (Å²) in [5.41, 5.74) is 17.4.